The minimum absolute atomic E-state index is 0.0311. The summed E-state index contributed by atoms with van der Waals surface area (Å²) in [5, 5.41) is 2.98. The van der Waals surface area contributed by atoms with Crippen LogP contribution in [0.1, 0.15) is 43.4 Å². The first-order valence-electron chi connectivity index (χ1n) is 6.87. The molecule has 3 N–H and O–H groups in total. The van der Waals surface area contributed by atoms with E-state index in [-0.39, 0.29) is 5.91 Å². The van der Waals surface area contributed by atoms with E-state index in [1.165, 1.54) is 11.3 Å². The molecule has 6 heteroatoms. The summed E-state index contributed by atoms with van der Waals surface area (Å²) in [7, 11) is 0. The number of nitrogens with one attached hydrogen (secondary N) is 1. The summed E-state index contributed by atoms with van der Waals surface area (Å²) in [6.07, 6.45) is 5.85. The Morgan fingerprint density at radius 2 is 2.00 bits per heavy atom. The maximum absolute atomic E-state index is 12.6. The SMILES string of the molecule is NC(=S)C1(C(=O)NCc2ccc(Cl)s2)CCCCCC1. The van der Waals surface area contributed by atoms with Crippen LogP contribution in [-0.4, -0.2) is 10.9 Å². The van der Waals surface area contributed by atoms with Crippen LogP contribution in [0.5, 0.6) is 0 Å². The number of hydrogen-bond donors (Lipinski definition) is 2. The normalized spacial score (nSPS) is 18.2. The van der Waals surface area contributed by atoms with Gasteiger partial charge in [0.05, 0.1) is 21.3 Å². The Labute approximate surface area is 133 Å². The van der Waals surface area contributed by atoms with Crippen LogP contribution in [0, 0.1) is 5.41 Å². The van der Waals surface area contributed by atoms with E-state index in [4.69, 9.17) is 29.6 Å². The van der Waals surface area contributed by atoms with Crippen molar-refractivity contribution in [1.29, 1.82) is 0 Å². The summed E-state index contributed by atoms with van der Waals surface area (Å²) in [6, 6.07) is 3.76. The molecule has 1 fully saturated rings. The molecule has 1 saturated carbocycles. The Kier molecular flexibility index (Phi) is 5.41. The van der Waals surface area contributed by atoms with Crippen LogP contribution < -0.4 is 11.1 Å². The van der Waals surface area contributed by atoms with Crippen molar-refractivity contribution < 1.29 is 4.79 Å². The van der Waals surface area contributed by atoms with Gasteiger partial charge in [-0.25, -0.2) is 0 Å². The number of thiophene rings is 1. The van der Waals surface area contributed by atoms with E-state index >= 15 is 0 Å². The van der Waals surface area contributed by atoms with Crippen molar-refractivity contribution in [2.75, 3.05) is 0 Å². The quantitative estimate of drug-likeness (QED) is 0.654. The molecule has 0 spiro atoms. The van der Waals surface area contributed by atoms with Gasteiger partial charge >= 0.3 is 0 Å². The molecular weight excluding hydrogens is 312 g/mol. The van der Waals surface area contributed by atoms with Gasteiger partial charge in [0.1, 0.15) is 0 Å². The molecule has 1 amide bonds. The molecule has 1 aromatic rings. The van der Waals surface area contributed by atoms with Crippen molar-refractivity contribution in [2.45, 2.75) is 45.1 Å². The van der Waals surface area contributed by atoms with Gasteiger partial charge in [-0.3, -0.25) is 4.79 Å². The van der Waals surface area contributed by atoms with Crippen LogP contribution in [0.15, 0.2) is 12.1 Å². The van der Waals surface area contributed by atoms with E-state index in [1.807, 2.05) is 12.1 Å². The zero-order chi connectivity index (χ0) is 14.6. The number of carbonyl (C=O) groups is 1. The van der Waals surface area contributed by atoms with Gasteiger partial charge in [-0.2, -0.15) is 0 Å². The van der Waals surface area contributed by atoms with Gasteiger partial charge in [0.15, 0.2) is 0 Å². The van der Waals surface area contributed by atoms with E-state index in [0.717, 1.165) is 47.7 Å². The molecule has 110 valence electrons. The van der Waals surface area contributed by atoms with Crippen LogP contribution >= 0.6 is 35.2 Å². The molecule has 0 atom stereocenters. The van der Waals surface area contributed by atoms with Crippen molar-refractivity contribution in [3.05, 3.63) is 21.3 Å². The fourth-order valence-electron chi connectivity index (χ4n) is 2.70. The number of carbonyl (C=O) groups excluding carboxylic acids is 1. The first-order chi connectivity index (χ1) is 9.54. The Morgan fingerprint density at radius 1 is 1.35 bits per heavy atom. The second-order valence-corrected chi connectivity index (χ2v) is 7.49. The molecular formula is C14H19ClN2OS2. The summed E-state index contributed by atoms with van der Waals surface area (Å²) < 4.78 is 0.729. The maximum atomic E-state index is 12.6. The number of thiocarbonyl (C=S) groups is 1. The predicted octanol–water partition coefficient (Wildman–Crippen LogP) is 3.64. The largest absolute Gasteiger partial charge is 0.392 e. The fourth-order valence-corrected chi connectivity index (χ4v) is 4.02. The number of hydrogen-bond acceptors (Lipinski definition) is 3. The van der Waals surface area contributed by atoms with E-state index in [9.17, 15) is 4.79 Å². The first kappa shape index (κ1) is 15.7. The van der Waals surface area contributed by atoms with E-state index in [2.05, 4.69) is 5.32 Å². The number of rotatable bonds is 4. The number of nitrogens with two attached hydrogens (primary N) is 1. The second-order valence-electron chi connectivity index (χ2n) is 5.25. The molecule has 3 nitrogen and oxygen atoms in total. The standard InChI is InChI=1S/C14H19ClN2OS2/c15-11-6-5-10(20-11)9-17-13(18)14(12(16)19)7-3-1-2-4-8-14/h5-6H,1-4,7-9H2,(H2,16,19)(H,17,18). The lowest BCUT2D eigenvalue weighted by Crippen LogP contribution is -2.48. The van der Waals surface area contributed by atoms with E-state index in [1.54, 1.807) is 0 Å². The van der Waals surface area contributed by atoms with Crippen LogP contribution in [0.3, 0.4) is 0 Å². The predicted molar refractivity (Wildman–Crippen MR) is 88.1 cm³/mol. The van der Waals surface area contributed by atoms with Gasteiger partial charge < -0.3 is 11.1 Å². The molecule has 0 aromatic carbocycles. The third kappa shape index (κ3) is 3.51. The Balaban J connectivity index is 2.05. The minimum atomic E-state index is -0.660. The number of amides is 1. The molecule has 20 heavy (non-hydrogen) atoms. The Morgan fingerprint density at radius 3 is 2.50 bits per heavy atom. The Bertz CT molecular complexity index is 493. The third-order valence-corrected chi connectivity index (χ3v) is 5.54. The highest BCUT2D eigenvalue weighted by molar-refractivity contribution is 7.80. The molecule has 1 aliphatic rings. The summed E-state index contributed by atoms with van der Waals surface area (Å²) in [4.78, 5) is 14.0. The van der Waals surface area contributed by atoms with Crippen molar-refractivity contribution in [1.82, 2.24) is 5.32 Å². The number of halogens is 1. The summed E-state index contributed by atoms with van der Waals surface area (Å²) in [5.74, 6) is -0.0311. The lowest BCUT2D eigenvalue weighted by molar-refractivity contribution is -0.128. The van der Waals surface area contributed by atoms with Crippen LogP contribution in [0.4, 0.5) is 0 Å². The lowest BCUT2D eigenvalue weighted by Gasteiger charge is -2.30. The summed E-state index contributed by atoms with van der Waals surface area (Å²) in [5.41, 5.74) is 5.24. The first-order valence-corrected chi connectivity index (χ1v) is 8.47. The monoisotopic (exact) mass is 330 g/mol. The molecule has 0 bridgehead atoms. The minimum Gasteiger partial charge on any atom is -0.392 e. The highest BCUT2D eigenvalue weighted by Crippen LogP contribution is 2.36. The molecule has 0 unspecified atom stereocenters. The van der Waals surface area contributed by atoms with Crippen LogP contribution in [0.25, 0.3) is 0 Å². The van der Waals surface area contributed by atoms with E-state index in [0.29, 0.717) is 11.5 Å². The van der Waals surface area contributed by atoms with Gasteiger partial charge in [-0.05, 0) is 25.0 Å². The molecule has 1 aliphatic carbocycles. The van der Waals surface area contributed by atoms with Crippen LogP contribution in [0.2, 0.25) is 4.34 Å². The summed E-state index contributed by atoms with van der Waals surface area (Å²) in [6.45, 7) is 0.487. The van der Waals surface area contributed by atoms with Crippen molar-refractivity contribution in [3.8, 4) is 0 Å². The molecule has 0 saturated heterocycles. The highest BCUT2D eigenvalue weighted by atomic mass is 35.5. The van der Waals surface area contributed by atoms with Gasteiger partial charge in [0.2, 0.25) is 5.91 Å². The average molecular weight is 331 g/mol. The average Bonchev–Trinajstić information content (AvgIpc) is 2.68. The third-order valence-electron chi connectivity index (χ3n) is 3.92. The Hall–Kier alpha value is -0.650. The highest BCUT2D eigenvalue weighted by Gasteiger charge is 2.41. The van der Waals surface area contributed by atoms with Gasteiger partial charge in [0.25, 0.3) is 0 Å². The van der Waals surface area contributed by atoms with E-state index < -0.39 is 5.41 Å². The fraction of sp³-hybridized carbons (Fsp3) is 0.571. The van der Waals surface area contributed by atoms with Crippen molar-refractivity contribution >= 4 is 46.1 Å². The molecule has 2 rings (SSSR count). The topological polar surface area (TPSA) is 55.1 Å². The zero-order valence-corrected chi connectivity index (χ0v) is 13.7. The van der Waals surface area contributed by atoms with Gasteiger partial charge in [0, 0.05) is 4.88 Å². The zero-order valence-electron chi connectivity index (χ0n) is 11.3. The molecule has 0 aliphatic heterocycles. The van der Waals surface area contributed by atoms with Crippen molar-refractivity contribution in [3.63, 3.8) is 0 Å². The molecule has 0 radical (unpaired) electrons. The van der Waals surface area contributed by atoms with Crippen LogP contribution in [-0.2, 0) is 11.3 Å². The van der Waals surface area contributed by atoms with Gasteiger partial charge in [-0.15, -0.1) is 11.3 Å². The second kappa shape index (κ2) is 6.87. The van der Waals surface area contributed by atoms with Gasteiger partial charge in [-0.1, -0.05) is 49.5 Å². The summed E-state index contributed by atoms with van der Waals surface area (Å²) >= 11 is 12.6. The smallest absolute Gasteiger partial charge is 0.233 e. The molecule has 1 heterocycles. The lowest BCUT2D eigenvalue weighted by atomic mass is 9.79. The molecule has 1 aromatic heterocycles. The van der Waals surface area contributed by atoms with Crippen molar-refractivity contribution in [2.24, 2.45) is 11.1 Å². The maximum Gasteiger partial charge on any atom is 0.233 e.